The zero-order valence-electron chi connectivity index (χ0n) is 8.65. The molecular formula is C10H12BrN3O2. The molecule has 1 N–H and O–H groups in total. The van der Waals surface area contributed by atoms with Crippen LogP contribution in [0.2, 0.25) is 0 Å². The maximum Gasteiger partial charge on any atom is 0.271 e. The maximum absolute atomic E-state index is 10.7. The van der Waals surface area contributed by atoms with Crippen LogP contribution in [0.15, 0.2) is 22.7 Å². The summed E-state index contributed by atoms with van der Waals surface area (Å²) in [6.45, 7) is 3.57. The topological polar surface area (TPSA) is 58.4 Å². The van der Waals surface area contributed by atoms with Gasteiger partial charge in [-0.1, -0.05) is 0 Å². The number of anilines is 1. The van der Waals surface area contributed by atoms with Crippen molar-refractivity contribution in [1.82, 2.24) is 5.32 Å². The third-order valence-electron chi connectivity index (χ3n) is 2.60. The minimum atomic E-state index is -0.363. The predicted octanol–water partition coefficient (Wildman–Crippen LogP) is 1.77. The number of hydrogen-bond donors (Lipinski definition) is 1. The molecule has 1 heterocycles. The van der Waals surface area contributed by atoms with Gasteiger partial charge in [-0.2, -0.15) is 0 Å². The van der Waals surface area contributed by atoms with E-state index in [1.54, 1.807) is 12.1 Å². The molecule has 1 aliphatic rings. The number of rotatable bonds is 2. The van der Waals surface area contributed by atoms with E-state index in [9.17, 15) is 10.1 Å². The molecule has 1 aromatic carbocycles. The second-order valence-electron chi connectivity index (χ2n) is 3.63. The number of nitrogens with zero attached hydrogens (tertiary/aromatic N) is 2. The molecule has 1 aromatic rings. The van der Waals surface area contributed by atoms with Crippen LogP contribution >= 0.6 is 15.9 Å². The highest BCUT2D eigenvalue weighted by Crippen LogP contribution is 2.30. The lowest BCUT2D eigenvalue weighted by Crippen LogP contribution is -2.43. The zero-order valence-corrected chi connectivity index (χ0v) is 10.2. The molecule has 1 aliphatic heterocycles. The molecule has 0 spiro atoms. The SMILES string of the molecule is O=[N+]([O-])c1ccc(Br)c(N2CCNCC2)c1. The van der Waals surface area contributed by atoms with E-state index in [-0.39, 0.29) is 10.6 Å². The summed E-state index contributed by atoms with van der Waals surface area (Å²) >= 11 is 3.43. The van der Waals surface area contributed by atoms with Crippen molar-refractivity contribution < 1.29 is 4.92 Å². The first-order valence-electron chi connectivity index (χ1n) is 5.08. The molecule has 86 valence electrons. The number of nitro benzene ring substituents is 1. The molecule has 5 nitrogen and oxygen atoms in total. The highest BCUT2D eigenvalue weighted by Gasteiger charge is 2.16. The minimum Gasteiger partial charge on any atom is -0.368 e. The first kappa shape index (κ1) is 11.3. The second kappa shape index (κ2) is 4.80. The van der Waals surface area contributed by atoms with Crippen molar-refractivity contribution in [2.45, 2.75) is 0 Å². The van der Waals surface area contributed by atoms with E-state index in [0.717, 1.165) is 36.3 Å². The molecule has 0 unspecified atom stereocenters. The van der Waals surface area contributed by atoms with Crippen LogP contribution in [0.3, 0.4) is 0 Å². The van der Waals surface area contributed by atoms with Gasteiger partial charge in [-0.3, -0.25) is 10.1 Å². The Morgan fingerprint density at radius 2 is 2.06 bits per heavy atom. The lowest BCUT2D eigenvalue weighted by atomic mass is 10.2. The van der Waals surface area contributed by atoms with Gasteiger partial charge in [0.1, 0.15) is 0 Å². The first-order chi connectivity index (χ1) is 7.68. The van der Waals surface area contributed by atoms with Crippen LogP contribution in [0.25, 0.3) is 0 Å². The molecule has 6 heteroatoms. The molecule has 0 radical (unpaired) electrons. The summed E-state index contributed by atoms with van der Waals surface area (Å²) in [4.78, 5) is 12.5. The maximum atomic E-state index is 10.7. The fraction of sp³-hybridized carbons (Fsp3) is 0.400. The van der Waals surface area contributed by atoms with Gasteiger partial charge >= 0.3 is 0 Å². The van der Waals surface area contributed by atoms with Gasteiger partial charge in [-0.05, 0) is 22.0 Å². The summed E-state index contributed by atoms with van der Waals surface area (Å²) in [6, 6.07) is 4.86. The predicted molar refractivity (Wildman–Crippen MR) is 65.9 cm³/mol. The molecule has 2 rings (SSSR count). The highest BCUT2D eigenvalue weighted by molar-refractivity contribution is 9.10. The van der Waals surface area contributed by atoms with Gasteiger partial charge in [-0.15, -0.1) is 0 Å². The van der Waals surface area contributed by atoms with Crippen molar-refractivity contribution in [2.75, 3.05) is 31.1 Å². The van der Waals surface area contributed by atoms with Crippen molar-refractivity contribution in [2.24, 2.45) is 0 Å². The Hall–Kier alpha value is -1.14. The molecular weight excluding hydrogens is 274 g/mol. The minimum absolute atomic E-state index is 0.136. The van der Waals surface area contributed by atoms with Gasteiger partial charge in [-0.25, -0.2) is 0 Å². The Balaban J connectivity index is 2.30. The quantitative estimate of drug-likeness (QED) is 0.665. The van der Waals surface area contributed by atoms with Crippen molar-refractivity contribution in [3.8, 4) is 0 Å². The lowest BCUT2D eigenvalue weighted by molar-refractivity contribution is -0.384. The van der Waals surface area contributed by atoms with Crippen molar-refractivity contribution in [3.05, 3.63) is 32.8 Å². The number of halogens is 1. The Labute approximate surface area is 102 Å². The molecule has 0 aliphatic carbocycles. The number of hydrogen-bond acceptors (Lipinski definition) is 4. The normalized spacial score (nSPS) is 16.2. The average molecular weight is 286 g/mol. The van der Waals surface area contributed by atoms with Gasteiger partial charge < -0.3 is 10.2 Å². The molecule has 0 atom stereocenters. The van der Waals surface area contributed by atoms with E-state index in [4.69, 9.17) is 0 Å². The number of nitro groups is 1. The Morgan fingerprint density at radius 1 is 1.38 bits per heavy atom. The second-order valence-corrected chi connectivity index (χ2v) is 4.48. The number of non-ortho nitro benzene ring substituents is 1. The van der Waals surface area contributed by atoms with E-state index >= 15 is 0 Å². The molecule has 0 bridgehead atoms. The summed E-state index contributed by atoms with van der Waals surface area (Å²) in [5.41, 5.74) is 1.03. The molecule has 0 amide bonds. The van der Waals surface area contributed by atoms with Crippen molar-refractivity contribution in [1.29, 1.82) is 0 Å². The Kier molecular flexibility index (Phi) is 3.40. The van der Waals surface area contributed by atoms with Gasteiger partial charge in [0.2, 0.25) is 0 Å². The summed E-state index contributed by atoms with van der Waals surface area (Å²) in [5, 5.41) is 14.0. The first-order valence-corrected chi connectivity index (χ1v) is 5.87. The standard InChI is InChI=1S/C10H12BrN3O2/c11-9-2-1-8(14(15)16)7-10(9)13-5-3-12-4-6-13/h1-2,7,12H,3-6H2. The molecule has 0 saturated carbocycles. The Bertz CT molecular complexity index is 405. The lowest BCUT2D eigenvalue weighted by Gasteiger charge is -2.30. The smallest absolute Gasteiger partial charge is 0.271 e. The monoisotopic (exact) mass is 285 g/mol. The molecule has 0 aromatic heterocycles. The summed E-state index contributed by atoms with van der Waals surface area (Å²) in [5.74, 6) is 0. The van der Waals surface area contributed by atoms with E-state index < -0.39 is 0 Å². The number of benzene rings is 1. The van der Waals surface area contributed by atoms with Crippen LogP contribution < -0.4 is 10.2 Å². The fourth-order valence-corrected chi connectivity index (χ4v) is 2.26. The fourth-order valence-electron chi connectivity index (χ4n) is 1.76. The largest absolute Gasteiger partial charge is 0.368 e. The van der Waals surface area contributed by atoms with Gasteiger partial charge in [0.05, 0.1) is 10.6 Å². The van der Waals surface area contributed by atoms with Crippen LogP contribution in [-0.4, -0.2) is 31.1 Å². The van der Waals surface area contributed by atoms with Crippen LogP contribution in [-0.2, 0) is 0 Å². The van der Waals surface area contributed by atoms with Crippen molar-refractivity contribution in [3.63, 3.8) is 0 Å². The van der Waals surface area contributed by atoms with Gasteiger partial charge in [0.25, 0.3) is 5.69 Å². The number of piperazine rings is 1. The van der Waals surface area contributed by atoms with Gasteiger partial charge in [0.15, 0.2) is 0 Å². The zero-order chi connectivity index (χ0) is 11.5. The van der Waals surface area contributed by atoms with Crippen molar-refractivity contribution >= 4 is 27.3 Å². The Morgan fingerprint density at radius 3 is 2.69 bits per heavy atom. The third-order valence-corrected chi connectivity index (χ3v) is 3.27. The van der Waals surface area contributed by atoms with Gasteiger partial charge in [0, 0.05) is 42.8 Å². The van der Waals surface area contributed by atoms with Crippen LogP contribution in [0.4, 0.5) is 11.4 Å². The molecule has 1 saturated heterocycles. The van der Waals surface area contributed by atoms with E-state index in [1.165, 1.54) is 6.07 Å². The van der Waals surface area contributed by atoms with E-state index in [2.05, 4.69) is 26.1 Å². The third kappa shape index (κ3) is 2.33. The number of nitrogens with one attached hydrogen (secondary N) is 1. The van der Waals surface area contributed by atoms with E-state index in [0.29, 0.717) is 0 Å². The van der Waals surface area contributed by atoms with E-state index in [1.807, 2.05) is 0 Å². The van der Waals surface area contributed by atoms with Crippen LogP contribution in [0.1, 0.15) is 0 Å². The highest BCUT2D eigenvalue weighted by atomic mass is 79.9. The molecule has 16 heavy (non-hydrogen) atoms. The van der Waals surface area contributed by atoms with Crippen LogP contribution in [0, 0.1) is 10.1 Å². The summed E-state index contributed by atoms with van der Waals surface area (Å²) < 4.78 is 0.903. The summed E-state index contributed by atoms with van der Waals surface area (Å²) in [7, 11) is 0. The summed E-state index contributed by atoms with van der Waals surface area (Å²) in [6.07, 6.45) is 0. The molecule has 1 fully saturated rings. The van der Waals surface area contributed by atoms with Crippen LogP contribution in [0.5, 0.6) is 0 Å². The average Bonchev–Trinajstić information content (AvgIpc) is 2.30.